The van der Waals surface area contributed by atoms with Gasteiger partial charge in [0.15, 0.2) is 0 Å². The van der Waals surface area contributed by atoms with Crippen LogP contribution in [0.1, 0.15) is 29.5 Å². The van der Waals surface area contributed by atoms with Crippen LogP contribution in [0.3, 0.4) is 0 Å². The third kappa shape index (κ3) is 2.87. The van der Waals surface area contributed by atoms with Gasteiger partial charge in [-0.05, 0) is 37.3 Å². The summed E-state index contributed by atoms with van der Waals surface area (Å²) in [5.74, 6) is 3.41. The molecule has 1 aromatic heterocycles. The van der Waals surface area contributed by atoms with Crippen LogP contribution < -0.4 is 5.32 Å². The van der Waals surface area contributed by atoms with Crippen molar-refractivity contribution in [2.45, 2.75) is 25.3 Å². The van der Waals surface area contributed by atoms with Crippen molar-refractivity contribution >= 4 is 29.0 Å². The molecular weight excluding hydrogens is 290 g/mol. The molecule has 0 aliphatic carbocycles. The lowest BCUT2D eigenvalue weighted by molar-refractivity contribution is -0.133. The fourth-order valence-electron chi connectivity index (χ4n) is 3.02. The van der Waals surface area contributed by atoms with E-state index in [2.05, 4.69) is 15.2 Å². The number of likely N-dealkylation sites (N-methyl/N-ethyl adjacent to an activating group) is 1. The van der Waals surface area contributed by atoms with E-state index in [9.17, 15) is 4.79 Å². The molecule has 1 atom stereocenters. The Bertz CT molecular complexity index is 471. The van der Waals surface area contributed by atoms with Gasteiger partial charge in [-0.3, -0.25) is 4.79 Å². The van der Waals surface area contributed by atoms with Crippen molar-refractivity contribution in [3.8, 4) is 0 Å². The molecule has 110 valence electrons. The van der Waals surface area contributed by atoms with Crippen molar-refractivity contribution in [3.05, 3.63) is 16.1 Å². The van der Waals surface area contributed by atoms with Gasteiger partial charge in [0.05, 0.1) is 16.1 Å². The van der Waals surface area contributed by atoms with Crippen molar-refractivity contribution in [1.29, 1.82) is 0 Å². The summed E-state index contributed by atoms with van der Waals surface area (Å²) in [7, 11) is 1.87. The molecule has 0 aromatic carbocycles. The lowest BCUT2D eigenvalue weighted by Crippen LogP contribution is -2.42. The molecule has 0 spiro atoms. The van der Waals surface area contributed by atoms with E-state index in [1.54, 1.807) is 11.3 Å². The van der Waals surface area contributed by atoms with Gasteiger partial charge in [0.2, 0.25) is 5.91 Å². The predicted molar refractivity (Wildman–Crippen MR) is 84.2 cm³/mol. The monoisotopic (exact) mass is 311 g/mol. The van der Waals surface area contributed by atoms with Crippen molar-refractivity contribution in [2.24, 2.45) is 5.92 Å². The number of nitrogens with one attached hydrogen (secondary N) is 1. The number of carbonyl (C=O) groups is 1. The number of aromatic nitrogens is 1. The molecule has 1 unspecified atom stereocenters. The topological polar surface area (TPSA) is 45.2 Å². The number of thioether (sulfide) groups is 1. The third-order valence-corrected chi connectivity index (χ3v) is 6.20. The number of amides is 1. The number of hydrogen-bond acceptors (Lipinski definition) is 5. The van der Waals surface area contributed by atoms with Crippen LogP contribution in [0.15, 0.2) is 5.51 Å². The van der Waals surface area contributed by atoms with Gasteiger partial charge in [0.25, 0.3) is 0 Å². The number of carbonyl (C=O) groups excluding carboxylic acids is 1. The molecule has 6 heteroatoms. The highest BCUT2D eigenvalue weighted by Crippen LogP contribution is 2.29. The van der Waals surface area contributed by atoms with Crippen LogP contribution >= 0.6 is 23.1 Å². The summed E-state index contributed by atoms with van der Waals surface area (Å²) in [6.07, 6.45) is 3.39. The second-order valence-corrected chi connectivity index (χ2v) is 7.59. The number of fused-ring (bicyclic) bond motifs is 1. The van der Waals surface area contributed by atoms with Gasteiger partial charge in [-0.15, -0.1) is 11.3 Å². The Morgan fingerprint density at radius 2 is 2.25 bits per heavy atom. The van der Waals surface area contributed by atoms with Gasteiger partial charge in [-0.25, -0.2) is 4.98 Å². The molecule has 1 N–H and O–H groups in total. The van der Waals surface area contributed by atoms with E-state index < -0.39 is 0 Å². The van der Waals surface area contributed by atoms with Gasteiger partial charge >= 0.3 is 0 Å². The number of rotatable bonds is 3. The number of thiazole rings is 1. The Kier molecular flexibility index (Phi) is 4.63. The first-order valence-corrected chi connectivity index (χ1v) is 9.29. The van der Waals surface area contributed by atoms with Crippen LogP contribution in [0, 0.1) is 5.92 Å². The Labute approximate surface area is 128 Å². The SMILES string of the molecule is CNC1C(=O)N(CC2CCSCC2)CCc2ncsc21. The predicted octanol–water partition coefficient (Wildman–Crippen LogP) is 1.93. The largest absolute Gasteiger partial charge is 0.340 e. The van der Waals surface area contributed by atoms with Gasteiger partial charge in [0.1, 0.15) is 6.04 Å². The minimum atomic E-state index is -0.196. The Morgan fingerprint density at radius 3 is 3.00 bits per heavy atom. The Hall–Kier alpha value is -0.590. The quantitative estimate of drug-likeness (QED) is 0.926. The molecule has 3 rings (SSSR count). The van der Waals surface area contributed by atoms with Crippen molar-refractivity contribution in [1.82, 2.24) is 15.2 Å². The summed E-state index contributed by atoms with van der Waals surface area (Å²) >= 11 is 3.64. The molecule has 0 saturated carbocycles. The summed E-state index contributed by atoms with van der Waals surface area (Å²) in [5, 5.41) is 3.18. The van der Waals surface area contributed by atoms with E-state index in [1.165, 1.54) is 24.3 Å². The van der Waals surface area contributed by atoms with Gasteiger partial charge in [-0.1, -0.05) is 0 Å². The summed E-state index contributed by atoms with van der Waals surface area (Å²) in [6, 6.07) is -0.196. The van der Waals surface area contributed by atoms with Crippen LogP contribution in [0.2, 0.25) is 0 Å². The van der Waals surface area contributed by atoms with Crippen LogP contribution in [-0.4, -0.2) is 47.4 Å². The van der Waals surface area contributed by atoms with Crippen LogP contribution in [-0.2, 0) is 11.2 Å². The first kappa shape index (κ1) is 14.4. The molecule has 2 aliphatic rings. The highest BCUT2D eigenvalue weighted by atomic mass is 32.2. The zero-order chi connectivity index (χ0) is 13.9. The van der Waals surface area contributed by atoms with E-state index >= 15 is 0 Å². The molecule has 0 radical (unpaired) electrons. The van der Waals surface area contributed by atoms with E-state index in [-0.39, 0.29) is 11.9 Å². The van der Waals surface area contributed by atoms with Gasteiger partial charge < -0.3 is 10.2 Å². The molecule has 2 aliphatic heterocycles. The summed E-state index contributed by atoms with van der Waals surface area (Å²) in [6.45, 7) is 1.74. The Morgan fingerprint density at radius 1 is 1.45 bits per heavy atom. The lowest BCUT2D eigenvalue weighted by atomic mass is 10.0. The van der Waals surface area contributed by atoms with Crippen LogP contribution in [0.25, 0.3) is 0 Å². The number of nitrogens with zero attached hydrogens (tertiary/aromatic N) is 2. The van der Waals surface area contributed by atoms with Crippen molar-refractivity contribution < 1.29 is 4.79 Å². The minimum absolute atomic E-state index is 0.196. The van der Waals surface area contributed by atoms with Crippen molar-refractivity contribution in [3.63, 3.8) is 0 Å². The first-order chi connectivity index (χ1) is 9.79. The maximum absolute atomic E-state index is 12.7. The molecule has 3 heterocycles. The van der Waals surface area contributed by atoms with E-state index in [1.807, 2.05) is 24.3 Å². The second-order valence-electron chi connectivity index (χ2n) is 5.47. The molecule has 1 aromatic rings. The maximum atomic E-state index is 12.7. The zero-order valence-corrected chi connectivity index (χ0v) is 13.4. The third-order valence-electron chi connectivity index (χ3n) is 4.22. The smallest absolute Gasteiger partial charge is 0.245 e. The van der Waals surface area contributed by atoms with Crippen molar-refractivity contribution in [2.75, 3.05) is 31.6 Å². The fraction of sp³-hybridized carbons (Fsp3) is 0.714. The summed E-state index contributed by atoms with van der Waals surface area (Å²) < 4.78 is 0. The van der Waals surface area contributed by atoms with Crippen LogP contribution in [0.4, 0.5) is 0 Å². The van der Waals surface area contributed by atoms with Gasteiger partial charge in [0, 0.05) is 19.5 Å². The average Bonchev–Trinajstić information content (AvgIpc) is 2.89. The molecule has 20 heavy (non-hydrogen) atoms. The summed E-state index contributed by atoms with van der Waals surface area (Å²) in [5.41, 5.74) is 2.96. The minimum Gasteiger partial charge on any atom is -0.340 e. The molecule has 1 fully saturated rings. The molecule has 1 saturated heterocycles. The Balaban J connectivity index is 1.73. The number of hydrogen-bond donors (Lipinski definition) is 1. The highest BCUT2D eigenvalue weighted by molar-refractivity contribution is 7.99. The van der Waals surface area contributed by atoms with Gasteiger partial charge in [-0.2, -0.15) is 11.8 Å². The molecule has 1 amide bonds. The molecule has 0 bridgehead atoms. The highest BCUT2D eigenvalue weighted by Gasteiger charge is 2.32. The van der Waals surface area contributed by atoms with E-state index in [0.717, 1.165) is 30.1 Å². The zero-order valence-electron chi connectivity index (χ0n) is 11.8. The lowest BCUT2D eigenvalue weighted by Gasteiger charge is -2.30. The van der Waals surface area contributed by atoms with E-state index in [4.69, 9.17) is 0 Å². The van der Waals surface area contributed by atoms with Crippen LogP contribution in [0.5, 0.6) is 0 Å². The van der Waals surface area contributed by atoms with E-state index in [0.29, 0.717) is 5.92 Å². The molecular formula is C14H21N3OS2. The average molecular weight is 311 g/mol. The fourth-order valence-corrected chi connectivity index (χ4v) is 5.17. The maximum Gasteiger partial charge on any atom is 0.245 e. The normalized spacial score (nSPS) is 24.6. The first-order valence-electron chi connectivity index (χ1n) is 7.25. The molecule has 4 nitrogen and oxygen atoms in total. The second kappa shape index (κ2) is 6.45. The standard InChI is InChI=1S/C14H21N3OS2/c1-15-12-13-11(16-9-20-13)2-5-17(14(12)18)8-10-3-6-19-7-4-10/h9-10,12,15H,2-8H2,1H3. The summed E-state index contributed by atoms with van der Waals surface area (Å²) in [4.78, 5) is 20.4.